The summed E-state index contributed by atoms with van der Waals surface area (Å²) in [5, 5.41) is 8.76. The highest BCUT2D eigenvalue weighted by molar-refractivity contribution is 7.10. The summed E-state index contributed by atoms with van der Waals surface area (Å²) in [7, 11) is 0. The molecule has 2 amide bonds. The molecule has 116 valence electrons. The number of carbonyl (C=O) groups is 1. The number of rotatable bonds is 5. The first-order chi connectivity index (χ1) is 11.3. The number of fused-ring (bicyclic) bond motifs is 1. The number of nitrogens with one attached hydrogen (secondary N) is 3. The van der Waals surface area contributed by atoms with E-state index in [1.165, 1.54) is 15.8 Å². The fourth-order valence-corrected chi connectivity index (χ4v) is 3.47. The summed E-state index contributed by atoms with van der Waals surface area (Å²) in [6, 6.07) is 12.1. The molecule has 1 aromatic carbocycles. The molecule has 0 aliphatic rings. The topological polar surface area (TPSA) is 56.9 Å². The number of amides is 2. The quantitative estimate of drug-likeness (QED) is 0.620. The van der Waals surface area contributed by atoms with E-state index in [1.807, 2.05) is 24.4 Å². The summed E-state index contributed by atoms with van der Waals surface area (Å²) >= 11 is 1.69. The van der Waals surface area contributed by atoms with Gasteiger partial charge in [0.1, 0.15) is 0 Å². The van der Waals surface area contributed by atoms with E-state index >= 15 is 0 Å². The fraction of sp³-hybridized carbons (Fsp3) is 0.167. The highest BCUT2D eigenvalue weighted by Gasteiger charge is 2.19. The number of carbonyl (C=O) groups excluding carboxylic acids is 1. The van der Waals surface area contributed by atoms with E-state index in [2.05, 4.69) is 45.1 Å². The minimum absolute atomic E-state index is 0.0998. The van der Waals surface area contributed by atoms with E-state index in [4.69, 9.17) is 6.42 Å². The summed E-state index contributed by atoms with van der Waals surface area (Å²) in [5.41, 5.74) is 2.28. The Morgan fingerprint density at radius 3 is 2.91 bits per heavy atom. The van der Waals surface area contributed by atoms with Gasteiger partial charge in [-0.05, 0) is 23.1 Å². The maximum absolute atomic E-state index is 11.8. The molecular formula is C18H17N3OS. The molecule has 0 bridgehead atoms. The van der Waals surface area contributed by atoms with Crippen molar-refractivity contribution in [1.82, 2.24) is 15.6 Å². The molecule has 0 spiro atoms. The lowest BCUT2D eigenvalue weighted by Gasteiger charge is -2.16. The van der Waals surface area contributed by atoms with Crippen molar-refractivity contribution in [2.75, 3.05) is 13.1 Å². The highest BCUT2D eigenvalue weighted by Crippen LogP contribution is 2.32. The Balaban J connectivity index is 1.85. The zero-order chi connectivity index (χ0) is 16.1. The van der Waals surface area contributed by atoms with Crippen LogP contribution in [0, 0.1) is 12.3 Å². The molecule has 0 unspecified atom stereocenters. The second kappa shape index (κ2) is 7.03. The molecule has 2 aromatic heterocycles. The summed E-state index contributed by atoms with van der Waals surface area (Å²) in [6.07, 6.45) is 7.18. The number of benzene rings is 1. The van der Waals surface area contributed by atoms with Gasteiger partial charge in [0.05, 0.1) is 6.54 Å². The van der Waals surface area contributed by atoms with E-state index in [9.17, 15) is 4.79 Å². The lowest BCUT2D eigenvalue weighted by atomic mass is 9.97. The van der Waals surface area contributed by atoms with E-state index in [0.717, 1.165) is 5.52 Å². The van der Waals surface area contributed by atoms with Gasteiger partial charge >= 0.3 is 6.03 Å². The number of hydrogen-bond donors (Lipinski definition) is 3. The Kier molecular flexibility index (Phi) is 4.65. The first kappa shape index (κ1) is 15.2. The van der Waals surface area contributed by atoms with Gasteiger partial charge in [0, 0.05) is 34.4 Å². The second-order valence-corrected chi connectivity index (χ2v) is 6.10. The van der Waals surface area contributed by atoms with Gasteiger partial charge in [0.25, 0.3) is 0 Å². The first-order valence-electron chi connectivity index (χ1n) is 7.34. The Labute approximate surface area is 138 Å². The van der Waals surface area contributed by atoms with Crippen LogP contribution in [0.1, 0.15) is 16.4 Å². The fourth-order valence-electron chi connectivity index (χ4n) is 2.62. The van der Waals surface area contributed by atoms with E-state index in [0.29, 0.717) is 6.54 Å². The van der Waals surface area contributed by atoms with Crippen LogP contribution in [0.2, 0.25) is 0 Å². The molecule has 3 aromatic rings. The molecule has 0 fully saturated rings. The normalized spacial score (nSPS) is 11.8. The molecule has 0 aliphatic heterocycles. The zero-order valence-electron chi connectivity index (χ0n) is 12.5. The summed E-state index contributed by atoms with van der Waals surface area (Å²) in [4.78, 5) is 16.3. The average Bonchev–Trinajstić information content (AvgIpc) is 3.24. The maximum atomic E-state index is 11.8. The number of terminal acetylenes is 1. The Bertz CT molecular complexity index is 829. The van der Waals surface area contributed by atoms with Crippen molar-refractivity contribution < 1.29 is 4.79 Å². The SMILES string of the molecule is C#CCNC(=O)NC[C@H](c1cccs1)c1c[nH]c2ccccc12. The van der Waals surface area contributed by atoms with Crippen LogP contribution >= 0.6 is 11.3 Å². The predicted octanol–water partition coefficient (Wildman–Crippen LogP) is 3.29. The molecule has 0 saturated heterocycles. The number of aromatic nitrogens is 1. The third-order valence-corrected chi connectivity index (χ3v) is 4.69. The summed E-state index contributed by atoms with van der Waals surface area (Å²) in [5.74, 6) is 2.49. The van der Waals surface area contributed by atoms with Crippen LogP contribution < -0.4 is 10.6 Å². The Hall–Kier alpha value is -2.71. The zero-order valence-corrected chi connectivity index (χ0v) is 13.3. The average molecular weight is 323 g/mol. The molecule has 5 heteroatoms. The molecule has 0 radical (unpaired) electrons. The summed E-state index contributed by atoms with van der Waals surface area (Å²) < 4.78 is 0. The van der Waals surface area contributed by atoms with E-state index in [1.54, 1.807) is 11.3 Å². The largest absolute Gasteiger partial charge is 0.361 e. The van der Waals surface area contributed by atoms with Crippen LogP contribution in [0.4, 0.5) is 4.79 Å². The second-order valence-electron chi connectivity index (χ2n) is 5.13. The molecule has 1 atom stereocenters. The number of hydrogen-bond acceptors (Lipinski definition) is 2. The van der Waals surface area contributed by atoms with Gasteiger partial charge in [0.15, 0.2) is 0 Å². The number of urea groups is 1. The van der Waals surface area contributed by atoms with E-state index in [-0.39, 0.29) is 18.5 Å². The van der Waals surface area contributed by atoms with Gasteiger partial charge in [-0.25, -0.2) is 4.79 Å². The summed E-state index contributed by atoms with van der Waals surface area (Å²) in [6.45, 7) is 0.737. The van der Waals surface area contributed by atoms with Gasteiger partial charge in [-0.3, -0.25) is 0 Å². The molecular weight excluding hydrogens is 306 g/mol. The minimum Gasteiger partial charge on any atom is -0.361 e. The monoisotopic (exact) mass is 323 g/mol. The van der Waals surface area contributed by atoms with Crippen LogP contribution in [0.25, 0.3) is 10.9 Å². The van der Waals surface area contributed by atoms with Crippen LogP contribution in [0.5, 0.6) is 0 Å². The molecule has 3 rings (SSSR count). The number of thiophene rings is 1. The lowest BCUT2D eigenvalue weighted by molar-refractivity contribution is 0.242. The number of para-hydroxylation sites is 1. The number of H-pyrrole nitrogens is 1. The Morgan fingerprint density at radius 2 is 2.13 bits per heavy atom. The minimum atomic E-state index is -0.246. The van der Waals surface area contributed by atoms with Crippen LogP contribution in [-0.2, 0) is 0 Å². The predicted molar refractivity (Wildman–Crippen MR) is 94.7 cm³/mol. The van der Waals surface area contributed by atoms with Crippen LogP contribution in [0.15, 0.2) is 48.0 Å². The Morgan fingerprint density at radius 1 is 1.26 bits per heavy atom. The van der Waals surface area contributed by atoms with Crippen molar-refractivity contribution in [3.63, 3.8) is 0 Å². The van der Waals surface area contributed by atoms with Gasteiger partial charge in [-0.15, -0.1) is 17.8 Å². The van der Waals surface area contributed by atoms with E-state index < -0.39 is 0 Å². The van der Waals surface area contributed by atoms with Crippen molar-refractivity contribution in [2.24, 2.45) is 0 Å². The van der Waals surface area contributed by atoms with Crippen molar-refractivity contribution in [1.29, 1.82) is 0 Å². The molecule has 3 N–H and O–H groups in total. The molecule has 2 heterocycles. The smallest absolute Gasteiger partial charge is 0.315 e. The molecule has 0 aliphatic carbocycles. The van der Waals surface area contributed by atoms with Crippen LogP contribution in [-0.4, -0.2) is 24.1 Å². The van der Waals surface area contributed by atoms with Gasteiger partial charge < -0.3 is 15.6 Å². The van der Waals surface area contributed by atoms with Gasteiger partial charge in [0.2, 0.25) is 0 Å². The van der Waals surface area contributed by atoms with Crippen molar-refractivity contribution in [2.45, 2.75) is 5.92 Å². The van der Waals surface area contributed by atoms with Crippen molar-refractivity contribution in [3.8, 4) is 12.3 Å². The maximum Gasteiger partial charge on any atom is 0.315 e. The van der Waals surface area contributed by atoms with Crippen molar-refractivity contribution in [3.05, 3.63) is 58.4 Å². The van der Waals surface area contributed by atoms with Gasteiger partial charge in [-0.1, -0.05) is 30.2 Å². The highest BCUT2D eigenvalue weighted by atomic mass is 32.1. The molecule has 0 saturated carbocycles. The van der Waals surface area contributed by atoms with Gasteiger partial charge in [-0.2, -0.15) is 0 Å². The standard InChI is InChI=1S/C18H17N3OS/c1-2-9-19-18(22)21-12-15(17-8-5-10-23-17)14-11-20-16-7-4-3-6-13(14)16/h1,3-8,10-11,15,20H,9,12H2,(H2,19,21,22)/t15-/m0/s1. The van der Waals surface area contributed by atoms with Crippen molar-refractivity contribution >= 4 is 28.3 Å². The molecule has 23 heavy (non-hydrogen) atoms. The molecule has 4 nitrogen and oxygen atoms in total. The lowest BCUT2D eigenvalue weighted by Crippen LogP contribution is -2.38. The van der Waals surface area contributed by atoms with Crippen LogP contribution in [0.3, 0.4) is 0 Å². The first-order valence-corrected chi connectivity index (χ1v) is 8.22. The third kappa shape index (κ3) is 3.38. The third-order valence-electron chi connectivity index (χ3n) is 3.70. The number of aromatic amines is 1.